The van der Waals surface area contributed by atoms with Crippen LogP contribution in [0, 0.1) is 19.8 Å². The molecule has 242 valence electrons. The van der Waals surface area contributed by atoms with Gasteiger partial charge in [0.2, 0.25) is 11.8 Å². The zero-order valence-electron chi connectivity index (χ0n) is 26.4. The summed E-state index contributed by atoms with van der Waals surface area (Å²) in [5, 5.41) is 3.63. The number of halogens is 2. The average molecular weight is 681 g/mol. The molecular formula is C36H39Cl2N3O4S. The molecule has 0 aromatic heterocycles. The van der Waals surface area contributed by atoms with Gasteiger partial charge in [0, 0.05) is 35.1 Å². The number of amides is 2. The van der Waals surface area contributed by atoms with Gasteiger partial charge in [-0.05, 0) is 61.7 Å². The molecule has 7 nitrogen and oxygen atoms in total. The van der Waals surface area contributed by atoms with Crippen molar-refractivity contribution in [3.63, 3.8) is 0 Å². The van der Waals surface area contributed by atoms with Crippen molar-refractivity contribution in [1.82, 2.24) is 10.2 Å². The summed E-state index contributed by atoms with van der Waals surface area (Å²) in [5.41, 5.74) is 3.44. The lowest BCUT2D eigenvalue weighted by atomic mass is 10.0. The number of nitrogens with zero attached hydrogens (tertiary/aromatic N) is 2. The maximum Gasteiger partial charge on any atom is 0.264 e. The van der Waals surface area contributed by atoms with Crippen molar-refractivity contribution in [2.24, 2.45) is 5.92 Å². The van der Waals surface area contributed by atoms with E-state index in [9.17, 15) is 18.0 Å². The van der Waals surface area contributed by atoms with Gasteiger partial charge in [-0.2, -0.15) is 0 Å². The van der Waals surface area contributed by atoms with Gasteiger partial charge >= 0.3 is 0 Å². The number of nitrogens with one attached hydrogen (secondary N) is 1. The molecule has 0 radical (unpaired) electrons. The lowest BCUT2D eigenvalue weighted by Gasteiger charge is -2.34. The van der Waals surface area contributed by atoms with Crippen molar-refractivity contribution in [2.45, 2.75) is 51.6 Å². The molecule has 10 heteroatoms. The summed E-state index contributed by atoms with van der Waals surface area (Å²) in [7, 11) is -4.19. The molecule has 2 amide bonds. The quantitative estimate of drug-likeness (QED) is 0.162. The summed E-state index contributed by atoms with van der Waals surface area (Å²) in [6.07, 6.45) is 0.188. The predicted molar refractivity (Wildman–Crippen MR) is 186 cm³/mol. The molecule has 46 heavy (non-hydrogen) atoms. The first-order chi connectivity index (χ1) is 21.9. The smallest absolute Gasteiger partial charge is 0.264 e. The van der Waals surface area contributed by atoms with Crippen LogP contribution >= 0.6 is 23.2 Å². The van der Waals surface area contributed by atoms with Crippen LogP contribution in [0.1, 0.15) is 36.1 Å². The third-order valence-corrected chi connectivity index (χ3v) is 10.1. The van der Waals surface area contributed by atoms with E-state index in [1.54, 1.807) is 54.6 Å². The molecule has 0 aliphatic carbocycles. The van der Waals surface area contributed by atoms with Crippen LogP contribution in [0.25, 0.3) is 0 Å². The number of aryl methyl sites for hydroxylation is 2. The molecule has 0 fully saturated rings. The lowest BCUT2D eigenvalue weighted by Crippen LogP contribution is -2.53. The fourth-order valence-electron chi connectivity index (χ4n) is 4.91. The summed E-state index contributed by atoms with van der Waals surface area (Å²) < 4.78 is 29.4. The molecule has 0 saturated heterocycles. The minimum absolute atomic E-state index is 0.0442. The maximum atomic E-state index is 14.6. The Hall–Kier alpha value is -3.85. The highest BCUT2D eigenvalue weighted by atomic mass is 35.5. The Morgan fingerprint density at radius 2 is 1.35 bits per heavy atom. The monoisotopic (exact) mass is 679 g/mol. The van der Waals surface area contributed by atoms with E-state index in [4.69, 9.17) is 23.2 Å². The lowest BCUT2D eigenvalue weighted by molar-refractivity contribution is -0.140. The van der Waals surface area contributed by atoms with E-state index in [-0.39, 0.29) is 29.7 Å². The third kappa shape index (κ3) is 8.90. The van der Waals surface area contributed by atoms with Gasteiger partial charge in [0.15, 0.2) is 0 Å². The number of hydrogen-bond acceptors (Lipinski definition) is 4. The van der Waals surface area contributed by atoms with Gasteiger partial charge < -0.3 is 10.2 Å². The highest BCUT2D eigenvalue weighted by Gasteiger charge is 2.35. The van der Waals surface area contributed by atoms with E-state index < -0.39 is 28.5 Å². The molecule has 4 aromatic rings. The van der Waals surface area contributed by atoms with Gasteiger partial charge in [-0.1, -0.05) is 109 Å². The van der Waals surface area contributed by atoms with Crippen LogP contribution in [0.4, 0.5) is 5.69 Å². The number of anilines is 1. The molecule has 1 atom stereocenters. The van der Waals surface area contributed by atoms with E-state index >= 15 is 0 Å². The number of hydrogen-bond donors (Lipinski definition) is 1. The fourth-order valence-corrected chi connectivity index (χ4v) is 6.84. The first-order valence-electron chi connectivity index (χ1n) is 15.1. The van der Waals surface area contributed by atoms with E-state index in [1.165, 1.54) is 17.0 Å². The Bertz CT molecular complexity index is 1730. The molecule has 4 rings (SSSR count). The van der Waals surface area contributed by atoms with Gasteiger partial charge in [0.1, 0.15) is 12.6 Å². The second-order valence-electron chi connectivity index (χ2n) is 11.7. The van der Waals surface area contributed by atoms with Crippen LogP contribution in [0.2, 0.25) is 10.0 Å². The molecule has 4 aromatic carbocycles. The number of carbonyl (C=O) groups is 2. The van der Waals surface area contributed by atoms with Crippen LogP contribution < -0.4 is 9.62 Å². The Balaban J connectivity index is 1.83. The fraction of sp³-hybridized carbons (Fsp3) is 0.278. The second-order valence-corrected chi connectivity index (χ2v) is 14.4. The van der Waals surface area contributed by atoms with Crippen molar-refractivity contribution in [3.05, 3.63) is 129 Å². The minimum Gasteiger partial charge on any atom is -0.354 e. The van der Waals surface area contributed by atoms with Crippen LogP contribution in [-0.2, 0) is 32.6 Å². The topological polar surface area (TPSA) is 86.8 Å². The van der Waals surface area contributed by atoms with E-state index in [0.717, 1.165) is 21.0 Å². The predicted octanol–water partition coefficient (Wildman–Crippen LogP) is 7.22. The van der Waals surface area contributed by atoms with Crippen molar-refractivity contribution in [3.8, 4) is 0 Å². The molecule has 0 unspecified atom stereocenters. The van der Waals surface area contributed by atoms with Crippen LogP contribution in [0.15, 0.2) is 102 Å². The van der Waals surface area contributed by atoms with Gasteiger partial charge in [0.25, 0.3) is 10.0 Å². The summed E-state index contributed by atoms with van der Waals surface area (Å²) >= 11 is 13.2. The standard InChI is InChI=1S/C36H39Cl2N3O4S/c1-25(2)22-39-36(43)34(21-28-9-6-5-7-10-28)40(23-31-32(37)11-8-12-33(31)38)35(42)24-41(29-17-13-26(3)14-18-29)46(44,45)30-19-15-27(4)16-20-30/h5-20,25,34H,21-24H2,1-4H3,(H,39,43)/t34-/m0/s1. The molecule has 0 bridgehead atoms. The number of sulfonamides is 1. The molecule has 0 spiro atoms. The Labute approximate surface area is 282 Å². The summed E-state index contributed by atoms with van der Waals surface area (Å²) in [6.45, 7) is 7.44. The Morgan fingerprint density at radius 1 is 0.783 bits per heavy atom. The van der Waals surface area contributed by atoms with E-state index in [0.29, 0.717) is 27.8 Å². The summed E-state index contributed by atoms with van der Waals surface area (Å²) in [5.74, 6) is -0.787. The molecular weight excluding hydrogens is 641 g/mol. The second kappa shape index (κ2) is 15.6. The van der Waals surface area contributed by atoms with Gasteiger partial charge in [-0.15, -0.1) is 0 Å². The largest absolute Gasteiger partial charge is 0.354 e. The van der Waals surface area contributed by atoms with Gasteiger partial charge in [-0.25, -0.2) is 8.42 Å². The van der Waals surface area contributed by atoms with Crippen molar-refractivity contribution in [1.29, 1.82) is 0 Å². The number of benzene rings is 4. The first-order valence-corrected chi connectivity index (χ1v) is 17.3. The Kier molecular flexibility index (Phi) is 11.9. The summed E-state index contributed by atoms with van der Waals surface area (Å²) in [4.78, 5) is 29.9. The summed E-state index contributed by atoms with van der Waals surface area (Å²) in [6, 6.07) is 26.8. The molecule has 0 saturated carbocycles. The molecule has 0 aliphatic rings. The van der Waals surface area contributed by atoms with Crippen LogP contribution in [0.3, 0.4) is 0 Å². The first kappa shape index (κ1) is 35.0. The minimum atomic E-state index is -4.19. The number of rotatable bonds is 13. The van der Waals surface area contributed by atoms with E-state index in [2.05, 4.69) is 5.32 Å². The van der Waals surface area contributed by atoms with Crippen LogP contribution in [-0.4, -0.2) is 44.3 Å². The highest BCUT2D eigenvalue weighted by molar-refractivity contribution is 7.92. The normalized spacial score (nSPS) is 12.1. The third-order valence-electron chi connectivity index (χ3n) is 7.56. The molecule has 0 heterocycles. The number of carbonyl (C=O) groups excluding carboxylic acids is 2. The van der Waals surface area contributed by atoms with Gasteiger partial charge in [0.05, 0.1) is 10.6 Å². The van der Waals surface area contributed by atoms with Crippen molar-refractivity contribution >= 4 is 50.7 Å². The average Bonchev–Trinajstić information content (AvgIpc) is 3.02. The van der Waals surface area contributed by atoms with Crippen molar-refractivity contribution in [2.75, 3.05) is 17.4 Å². The van der Waals surface area contributed by atoms with E-state index in [1.807, 2.05) is 58.0 Å². The zero-order chi connectivity index (χ0) is 33.4. The Morgan fingerprint density at radius 3 is 1.91 bits per heavy atom. The van der Waals surface area contributed by atoms with Crippen LogP contribution in [0.5, 0.6) is 0 Å². The zero-order valence-corrected chi connectivity index (χ0v) is 28.7. The highest BCUT2D eigenvalue weighted by Crippen LogP contribution is 2.29. The molecule has 0 aliphatic heterocycles. The van der Waals surface area contributed by atoms with Crippen molar-refractivity contribution < 1.29 is 18.0 Å². The maximum absolute atomic E-state index is 14.6. The van der Waals surface area contributed by atoms with Gasteiger partial charge in [-0.3, -0.25) is 13.9 Å². The molecule has 1 N–H and O–H groups in total. The SMILES string of the molecule is Cc1ccc(N(CC(=O)N(Cc2c(Cl)cccc2Cl)[C@@H](Cc2ccccc2)C(=O)NCC(C)C)S(=O)(=O)c2ccc(C)cc2)cc1.